The van der Waals surface area contributed by atoms with Gasteiger partial charge in [-0.1, -0.05) is 18.5 Å². The molecule has 0 spiro atoms. The van der Waals surface area contributed by atoms with E-state index in [1.54, 1.807) is 18.3 Å². The number of hydrogen-bond donors (Lipinski definition) is 0. The Morgan fingerprint density at radius 2 is 1.87 bits per heavy atom. The fraction of sp³-hybridized carbons (Fsp3) is 0.632. The number of piperazine rings is 1. The monoisotopic (exact) mass is 740 g/mol. The summed E-state index contributed by atoms with van der Waals surface area (Å²) >= 11 is 6.86. The zero-order valence-electron chi connectivity index (χ0n) is 30.5. The van der Waals surface area contributed by atoms with Crippen LogP contribution in [0.2, 0.25) is 5.02 Å². The molecule has 8 rings (SSSR count). The summed E-state index contributed by atoms with van der Waals surface area (Å²) in [5.41, 5.74) is 0.487. The highest BCUT2D eigenvalue weighted by Crippen LogP contribution is 2.53. The second-order valence-electron chi connectivity index (χ2n) is 16.3. The summed E-state index contributed by atoms with van der Waals surface area (Å²) in [5, 5.41) is 0.913. The molecule has 2 aromatic heterocycles. The number of anilines is 1. The molecule has 11 nitrogen and oxygen atoms in total. The standard InChI is InChI=1S/C38H47ClF2N6O5/c1-21-11-26(21)30-27(12-25(13-29(30)39)51-20-49-5)32-31(41)33-28(15-42-32)34(44-35(43-33)50-19-38-9-6-10-46(38)16-22(40)14-38)45-17-23-7-8-24(18-45)47(23)36(48)52-37(2,3)4/h12-13,15,21-24,26H,6-11,14,16-20H2,1-5H3/t21-,22+,23-,24+,26-,38-/m0/s1. The Bertz CT molecular complexity index is 1870. The van der Waals surface area contributed by atoms with Crippen LogP contribution in [0.5, 0.6) is 11.8 Å². The van der Waals surface area contributed by atoms with E-state index in [-0.39, 0.29) is 54.7 Å². The van der Waals surface area contributed by atoms with Crippen molar-refractivity contribution in [2.24, 2.45) is 5.92 Å². The minimum atomic E-state index is -0.918. The number of carbonyl (C=O) groups is 1. The van der Waals surface area contributed by atoms with E-state index in [4.69, 9.17) is 40.5 Å². The summed E-state index contributed by atoms with van der Waals surface area (Å²) in [6, 6.07) is 3.31. The molecule has 6 atom stereocenters. The summed E-state index contributed by atoms with van der Waals surface area (Å²) in [7, 11) is 1.53. The number of carbonyl (C=O) groups excluding carboxylic acids is 1. The van der Waals surface area contributed by atoms with Gasteiger partial charge in [0, 0.05) is 49.9 Å². The van der Waals surface area contributed by atoms with Crippen molar-refractivity contribution in [1.82, 2.24) is 24.8 Å². The van der Waals surface area contributed by atoms with Crippen molar-refractivity contribution in [3.05, 3.63) is 34.7 Å². The number of hydrogen-bond acceptors (Lipinski definition) is 10. The molecule has 1 amide bonds. The lowest BCUT2D eigenvalue weighted by Gasteiger charge is -2.42. The largest absolute Gasteiger partial charge is 0.467 e. The lowest BCUT2D eigenvalue weighted by Crippen LogP contribution is -2.57. The molecule has 0 radical (unpaired) electrons. The van der Waals surface area contributed by atoms with Gasteiger partial charge in [0.05, 0.1) is 23.0 Å². The Morgan fingerprint density at radius 1 is 1.12 bits per heavy atom. The average Bonchev–Trinajstić information content (AvgIpc) is 3.39. The second-order valence-corrected chi connectivity index (χ2v) is 16.7. The normalized spacial score (nSPS) is 28.4. The molecule has 14 heteroatoms. The lowest BCUT2D eigenvalue weighted by atomic mass is 9.95. The molecular formula is C38H47ClF2N6O5. The van der Waals surface area contributed by atoms with E-state index in [1.807, 2.05) is 25.7 Å². The first-order chi connectivity index (χ1) is 24.8. The quantitative estimate of drug-likeness (QED) is 0.211. The minimum Gasteiger partial charge on any atom is -0.467 e. The fourth-order valence-corrected chi connectivity index (χ4v) is 9.30. The van der Waals surface area contributed by atoms with E-state index < -0.39 is 23.1 Å². The van der Waals surface area contributed by atoms with Crippen LogP contribution in [0, 0.1) is 11.7 Å². The van der Waals surface area contributed by atoms with Crippen LogP contribution < -0.4 is 14.4 Å². The predicted molar refractivity (Wildman–Crippen MR) is 192 cm³/mol. The van der Waals surface area contributed by atoms with Gasteiger partial charge in [0.25, 0.3) is 0 Å². The summed E-state index contributed by atoms with van der Waals surface area (Å²) in [5.74, 6) is 0.853. The van der Waals surface area contributed by atoms with Gasteiger partial charge in [-0.3, -0.25) is 14.8 Å². The van der Waals surface area contributed by atoms with Gasteiger partial charge in [0.15, 0.2) is 12.6 Å². The van der Waals surface area contributed by atoms with E-state index >= 15 is 4.39 Å². The maximum absolute atomic E-state index is 17.2. The highest BCUT2D eigenvalue weighted by molar-refractivity contribution is 6.32. The summed E-state index contributed by atoms with van der Waals surface area (Å²) < 4.78 is 54.8. The SMILES string of the molecule is COCOc1cc(Cl)c([C@H]2C[C@@H]2C)c(-c2ncc3c(N4C[C@H]5CC[C@@H](C4)N5C(=O)OC(C)(C)C)nc(OC[C@@]45CCCN4C[C@H](F)C5)nc3c2F)c1. The second kappa shape index (κ2) is 13.4. The number of benzene rings is 1. The zero-order chi connectivity index (χ0) is 36.5. The first-order valence-electron chi connectivity index (χ1n) is 18.4. The third-order valence-electron chi connectivity index (χ3n) is 11.4. The first kappa shape index (κ1) is 35.5. The molecule has 4 aliphatic heterocycles. The van der Waals surface area contributed by atoms with Crippen molar-refractivity contribution >= 4 is 34.4 Å². The number of rotatable bonds is 9. The Balaban J connectivity index is 1.20. The Labute approximate surface area is 307 Å². The molecule has 1 aromatic carbocycles. The molecular weight excluding hydrogens is 694 g/mol. The number of nitrogens with zero attached hydrogens (tertiary/aromatic N) is 6. The van der Waals surface area contributed by atoms with Crippen LogP contribution >= 0.6 is 11.6 Å². The molecule has 280 valence electrons. The maximum Gasteiger partial charge on any atom is 0.410 e. The molecule has 2 bridgehead atoms. The van der Waals surface area contributed by atoms with Crippen LogP contribution in [0.15, 0.2) is 18.3 Å². The minimum absolute atomic E-state index is 0.00507. The molecule has 0 N–H and O–H groups in total. The zero-order valence-corrected chi connectivity index (χ0v) is 31.2. The van der Waals surface area contributed by atoms with Crippen LogP contribution in [0.25, 0.3) is 22.2 Å². The lowest BCUT2D eigenvalue weighted by molar-refractivity contribution is 0.0122. The number of aromatic nitrogens is 3. The molecule has 52 heavy (non-hydrogen) atoms. The smallest absolute Gasteiger partial charge is 0.410 e. The van der Waals surface area contributed by atoms with E-state index in [0.717, 1.165) is 44.2 Å². The molecule has 5 fully saturated rings. The molecule has 1 saturated carbocycles. The molecule has 1 aliphatic carbocycles. The van der Waals surface area contributed by atoms with Crippen molar-refractivity contribution in [1.29, 1.82) is 0 Å². The fourth-order valence-electron chi connectivity index (χ4n) is 8.95. The first-order valence-corrected chi connectivity index (χ1v) is 18.8. The number of ether oxygens (including phenoxy) is 4. The van der Waals surface area contributed by atoms with Gasteiger partial charge in [-0.25, -0.2) is 13.6 Å². The number of amides is 1. The Hall–Kier alpha value is -3.55. The van der Waals surface area contributed by atoms with E-state index in [2.05, 4.69) is 21.7 Å². The molecule has 5 aliphatic rings. The molecule has 0 unspecified atom stereocenters. The third kappa shape index (κ3) is 6.51. The van der Waals surface area contributed by atoms with Crippen molar-refractivity contribution < 1.29 is 32.5 Å². The van der Waals surface area contributed by atoms with Gasteiger partial charge in [0.1, 0.15) is 41.2 Å². The Kier molecular flexibility index (Phi) is 9.13. The summed E-state index contributed by atoms with van der Waals surface area (Å²) in [6.07, 6.45) is 5.10. The van der Waals surface area contributed by atoms with Crippen molar-refractivity contribution in [2.75, 3.05) is 51.6 Å². The van der Waals surface area contributed by atoms with Gasteiger partial charge in [-0.05, 0) is 89.0 Å². The van der Waals surface area contributed by atoms with Crippen LogP contribution in [-0.2, 0) is 9.47 Å². The van der Waals surface area contributed by atoms with E-state index in [9.17, 15) is 9.18 Å². The van der Waals surface area contributed by atoms with Crippen molar-refractivity contribution in [3.63, 3.8) is 0 Å². The molecule has 6 heterocycles. The number of alkyl halides is 1. The topological polar surface area (TPSA) is 102 Å². The maximum atomic E-state index is 17.2. The summed E-state index contributed by atoms with van der Waals surface area (Å²) in [6.45, 7) is 10.1. The van der Waals surface area contributed by atoms with Crippen LogP contribution in [0.4, 0.5) is 19.4 Å². The number of halogens is 3. The van der Waals surface area contributed by atoms with Crippen LogP contribution in [0.1, 0.15) is 77.7 Å². The van der Waals surface area contributed by atoms with E-state index in [1.165, 1.54) is 7.11 Å². The van der Waals surface area contributed by atoms with Gasteiger partial charge in [-0.2, -0.15) is 9.97 Å². The number of methoxy groups -OCH3 is 1. The molecule has 3 aromatic rings. The van der Waals surface area contributed by atoms with Gasteiger partial charge in [0.2, 0.25) is 0 Å². The van der Waals surface area contributed by atoms with E-state index in [0.29, 0.717) is 59.5 Å². The highest BCUT2D eigenvalue weighted by atomic mass is 35.5. The third-order valence-corrected chi connectivity index (χ3v) is 11.8. The summed E-state index contributed by atoms with van der Waals surface area (Å²) in [4.78, 5) is 33.7. The van der Waals surface area contributed by atoms with Crippen molar-refractivity contribution in [2.45, 2.75) is 102 Å². The number of pyridine rings is 1. The van der Waals surface area contributed by atoms with Crippen LogP contribution in [-0.4, -0.2) is 107 Å². The predicted octanol–water partition coefficient (Wildman–Crippen LogP) is 7.13. The van der Waals surface area contributed by atoms with Gasteiger partial charge in [-0.15, -0.1) is 0 Å². The van der Waals surface area contributed by atoms with Gasteiger partial charge < -0.3 is 23.8 Å². The number of fused-ring (bicyclic) bond motifs is 4. The Morgan fingerprint density at radius 3 is 2.56 bits per heavy atom. The average molecular weight is 741 g/mol. The highest BCUT2D eigenvalue weighted by Gasteiger charge is 2.50. The molecule has 4 saturated heterocycles. The van der Waals surface area contributed by atoms with Crippen LogP contribution in [0.3, 0.4) is 0 Å². The van der Waals surface area contributed by atoms with Gasteiger partial charge >= 0.3 is 12.1 Å². The van der Waals surface area contributed by atoms with Crippen molar-refractivity contribution in [3.8, 4) is 23.0 Å².